The number of hydrogen-bond acceptors (Lipinski definition) is 3. The van der Waals surface area contributed by atoms with Crippen LogP contribution in [0.3, 0.4) is 0 Å². The SMILES string of the molecule is CC(c1cccs1)N(C)C(=O)c1cc(N)cn1C(C)C. The zero-order valence-electron chi connectivity index (χ0n) is 12.3. The summed E-state index contributed by atoms with van der Waals surface area (Å²) in [5, 5.41) is 2.03. The van der Waals surface area contributed by atoms with Crippen molar-refractivity contribution in [2.24, 2.45) is 0 Å². The van der Waals surface area contributed by atoms with E-state index < -0.39 is 0 Å². The van der Waals surface area contributed by atoms with Crippen molar-refractivity contribution in [2.75, 3.05) is 12.8 Å². The molecule has 20 heavy (non-hydrogen) atoms. The highest BCUT2D eigenvalue weighted by atomic mass is 32.1. The van der Waals surface area contributed by atoms with E-state index in [1.807, 2.05) is 50.0 Å². The summed E-state index contributed by atoms with van der Waals surface area (Å²) in [5.74, 6) is -0.00343. The van der Waals surface area contributed by atoms with Crippen LogP contribution >= 0.6 is 11.3 Å². The third-order valence-corrected chi connectivity index (χ3v) is 4.54. The zero-order valence-corrected chi connectivity index (χ0v) is 13.1. The Morgan fingerprint density at radius 2 is 2.10 bits per heavy atom. The Bertz CT molecular complexity index is 586. The van der Waals surface area contributed by atoms with Crippen molar-refractivity contribution in [1.82, 2.24) is 9.47 Å². The summed E-state index contributed by atoms with van der Waals surface area (Å²) < 4.78 is 1.93. The highest BCUT2D eigenvalue weighted by Crippen LogP contribution is 2.26. The smallest absolute Gasteiger partial charge is 0.270 e. The number of nitrogens with zero attached hydrogens (tertiary/aromatic N) is 2. The molecule has 0 bridgehead atoms. The van der Waals surface area contributed by atoms with Crippen molar-refractivity contribution in [3.63, 3.8) is 0 Å². The Labute approximate surface area is 123 Å². The van der Waals surface area contributed by atoms with Crippen molar-refractivity contribution in [3.05, 3.63) is 40.3 Å². The Kier molecular flexibility index (Phi) is 4.18. The maximum absolute atomic E-state index is 12.7. The Hall–Kier alpha value is -1.75. The lowest BCUT2D eigenvalue weighted by Gasteiger charge is -2.25. The number of rotatable bonds is 4. The van der Waals surface area contributed by atoms with Crippen LogP contribution in [0.1, 0.15) is 48.2 Å². The number of carbonyl (C=O) groups excluding carboxylic acids is 1. The van der Waals surface area contributed by atoms with Gasteiger partial charge in [0, 0.05) is 24.2 Å². The normalized spacial score (nSPS) is 12.7. The van der Waals surface area contributed by atoms with E-state index in [9.17, 15) is 4.79 Å². The predicted molar refractivity (Wildman–Crippen MR) is 84.1 cm³/mol. The fraction of sp³-hybridized carbons (Fsp3) is 0.400. The molecule has 5 heteroatoms. The summed E-state index contributed by atoms with van der Waals surface area (Å²) >= 11 is 1.66. The third kappa shape index (κ3) is 2.72. The van der Waals surface area contributed by atoms with Gasteiger partial charge in [0.05, 0.1) is 11.7 Å². The minimum absolute atomic E-state index is 0.00343. The summed E-state index contributed by atoms with van der Waals surface area (Å²) in [5.41, 5.74) is 7.10. The first kappa shape index (κ1) is 14.7. The van der Waals surface area contributed by atoms with Crippen molar-refractivity contribution in [1.29, 1.82) is 0 Å². The summed E-state index contributed by atoms with van der Waals surface area (Å²) in [4.78, 5) is 15.6. The van der Waals surface area contributed by atoms with Gasteiger partial charge in [-0.05, 0) is 38.3 Å². The Morgan fingerprint density at radius 1 is 1.40 bits per heavy atom. The maximum Gasteiger partial charge on any atom is 0.270 e. The molecule has 0 saturated carbocycles. The van der Waals surface area contributed by atoms with Crippen LogP contribution in [0.15, 0.2) is 29.8 Å². The van der Waals surface area contributed by atoms with Crippen LogP contribution < -0.4 is 5.73 Å². The molecular weight excluding hydrogens is 270 g/mol. The summed E-state index contributed by atoms with van der Waals surface area (Å²) in [7, 11) is 1.83. The average molecular weight is 291 g/mol. The number of thiophene rings is 1. The second kappa shape index (κ2) is 5.71. The highest BCUT2D eigenvalue weighted by molar-refractivity contribution is 7.10. The molecule has 2 aromatic rings. The van der Waals surface area contributed by atoms with E-state index in [1.165, 1.54) is 4.88 Å². The lowest BCUT2D eigenvalue weighted by atomic mass is 10.2. The molecule has 0 aliphatic rings. The van der Waals surface area contributed by atoms with Crippen LogP contribution in [0.5, 0.6) is 0 Å². The summed E-state index contributed by atoms with van der Waals surface area (Å²) in [6, 6.07) is 6.06. The van der Waals surface area contributed by atoms with Crippen molar-refractivity contribution >= 4 is 22.9 Å². The van der Waals surface area contributed by atoms with Gasteiger partial charge in [-0.25, -0.2) is 0 Å². The van der Waals surface area contributed by atoms with Gasteiger partial charge in [-0.15, -0.1) is 11.3 Å². The maximum atomic E-state index is 12.7. The monoisotopic (exact) mass is 291 g/mol. The van der Waals surface area contributed by atoms with Crippen LogP contribution in [0.4, 0.5) is 5.69 Å². The molecule has 2 N–H and O–H groups in total. The van der Waals surface area contributed by atoms with E-state index >= 15 is 0 Å². The van der Waals surface area contributed by atoms with Gasteiger partial charge in [0.25, 0.3) is 5.91 Å². The molecule has 0 radical (unpaired) electrons. The number of anilines is 1. The van der Waals surface area contributed by atoms with Crippen molar-refractivity contribution < 1.29 is 4.79 Å². The molecule has 108 valence electrons. The Morgan fingerprint density at radius 3 is 2.65 bits per heavy atom. The second-order valence-electron chi connectivity index (χ2n) is 5.27. The standard InChI is InChI=1S/C15H21N3OS/c1-10(2)18-9-12(16)8-13(18)15(19)17(4)11(3)14-6-5-7-20-14/h5-11H,16H2,1-4H3. The van der Waals surface area contributed by atoms with Gasteiger partial charge in [0.1, 0.15) is 5.69 Å². The fourth-order valence-electron chi connectivity index (χ4n) is 2.18. The van der Waals surface area contributed by atoms with Crippen LogP contribution in [0.25, 0.3) is 0 Å². The first-order valence-electron chi connectivity index (χ1n) is 6.69. The minimum atomic E-state index is -0.00343. The van der Waals surface area contributed by atoms with Gasteiger partial charge in [0.2, 0.25) is 0 Å². The number of aromatic nitrogens is 1. The van der Waals surface area contributed by atoms with Gasteiger partial charge in [-0.3, -0.25) is 4.79 Å². The first-order chi connectivity index (χ1) is 9.41. The van der Waals surface area contributed by atoms with Crippen molar-refractivity contribution in [3.8, 4) is 0 Å². The van der Waals surface area contributed by atoms with Crippen LogP contribution in [0.2, 0.25) is 0 Å². The van der Waals surface area contributed by atoms with E-state index in [4.69, 9.17) is 5.73 Å². The lowest BCUT2D eigenvalue weighted by molar-refractivity contribution is 0.0732. The number of hydrogen-bond donors (Lipinski definition) is 1. The van der Waals surface area contributed by atoms with Crippen LogP contribution in [-0.4, -0.2) is 22.4 Å². The molecule has 0 fully saturated rings. The largest absolute Gasteiger partial charge is 0.397 e. The van der Waals surface area contributed by atoms with Gasteiger partial charge in [-0.1, -0.05) is 6.07 Å². The predicted octanol–water partition coefficient (Wildman–Crippen LogP) is 3.55. The number of carbonyl (C=O) groups is 1. The molecule has 1 amide bonds. The molecule has 2 aromatic heterocycles. The molecule has 4 nitrogen and oxygen atoms in total. The molecule has 2 rings (SSSR count). The van der Waals surface area contributed by atoms with E-state index in [2.05, 4.69) is 6.07 Å². The van der Waals surface area contributed by atoms with E-state index in [0.717, 1.165) is 0 Å². The minimum Gasteiger partial charge on any atom is -0.397 e. The summed E-state index contributed by atoms with van der Waals surface area (Å²) in [6.07, 6.45) is 1.82. The molecular formula is C15H21N3OS. The van der Waals surface area contributed by atoms with Crippen LogP contribution in [-0.2, 0) is 0 Å². The molecule has 0 spiro atoms. The second-order valence-corrected chi connectivity index (χ2v) is 6.25. The topological polar surface area (TPSA) is 51.3 Å². The van der Waals surface area contributed by atoms with Gasteiger partial charge in [0.15, 0.2) is 0 Å². The van der Waals surface area contributed by atoms with Crippen molar-refractivity contribution in [2.45, 2.75) is 32.9 Å². The molecule has 0 aliphatic carbocycles. The van der Waals surface area contributed by atoms with Gasteiger partial charge >= 0.3 is 0 Å². The number of nitrogens with two attached hydrogens (primary N) is 1. The highest BCUT2D eigenvalue weighted by Gasteiger charge is 2.23. The van der Waals surface area contributed by atoms with Crippen LogP contribution in [0, 0.1) is 0 Å². The fourth-order valence-corrected chi connectivity index (χ4v) is 3.00. The quantitative estimate of drug-likeness (QED) is 0.936. The van der Waals surface area contributed by atoms with E-state index in [1.54, 1.807) is 22.3 Å². The van der Waals surface area contributed by atoms with Gasteiger partial charge in [-0.2, -0.15) is 0 Å². The number of nitrogen functional groups attached to an aromatic ring is 1. The first-order valence-corrected chi connectivity index (χ1v) is 7.57. The number of amides is 1. The Balaban J connectivity index is 2.27. The third-order valence-electron chi connectivity index (χ3n) is 3.50. The van der Waals surface area contributed by atoms with E-state index in [0.29, 0.717) is 11.4 Å². The summed E-state index contributed by atoms with van der Waals surface area (Å²) in [6.45, 7) is 6.12. The zero-order chi connectivity index (χ0) is 14.9. The van der Waals surface area contributed by atoms with E-state index in [-0.39, 0.29) is 18.0 Å². The molecule has 2 heterocycles. The molecule has 0 aliphatic heterocycles. The molecule has 0 aromatic carbocycles. The molecule has 1 unspecified atom stereocenters. The van der Waals surface area contributed by atoms with Gasteiger partial charge < -0.3 is 15.2 Å². The lowest BCUT2D eigenvalue weighted by Crippen LogP contribution is -2.31. The molecule has 1 atom stereocenters. The average Bonchev–Trinajstić information content (AvgIpc) is 3.04. The molecule has 0 saturated heterocycles.